The van der Waals surface area contributed by atoms with Crippen molar-refractivity contribution in [2.24, 2.45) is 11.3 Å². The molecule has 34 heavy (non-hydrogen) atoms. The summed E-state index contributed by atoms with van der Waals surface area (Å²) in [6.45, 7) is 11.1. The molecule has 2 heterocycles. The summed E-state index contributed by atoms with van der Waals surface area (Å²) in [5.41, 5.74) is 4.82. The molecule has 8 heteroatoms. The molecule has 0 bridgehead atoms. The monoisotopic (exact) mass is 466 g/mol. The fourth-order valence-corrected chi connectivity index (χ4v) is 4.68. The number of aromatic nitrogens is 3. The normalized spacial score (nSPS) is 15.7. The number of hydrogen-bond donors (Lipinski definition) is 1. The minimum atomic E-state index is -0.253. The lowest BCUT2D eigenvalue weighted by Crippen LogP contribution is -2.27. The Balaban J connectivity index is 1.54. The Morgan fingerprint density at radius 1 is 1.21 bits per heavy atom. The molecule has 1 unspecified atom stereocenters. The minimum Gasteiger partial charge on any atom is -0.493 e. The maximum absolute atomic E-state index is 13.2. The number of anilines is 1. The van der Waals surface area contributed by atoms with Crippen molar-refractivity contribution in [2.45, 2.75) is 60.4 Å². The maximum Gasteiger partial charge on any atom is 0.278 e. The van der Waals surface area contributed by atoms with E-state index >= 15 is 0 Å². The largest absolute Gasteiger partial charge is 0.493 e. The molecule has 0 saturated carbocycles. The number of amides is 1. The van der Waals surface area contributed by atoms with Crippen molar-refractivity contribution in [3.05, 3.63) is 52.2 Å². The summed E-state index contributed by atoms with van der Waals surface area (Å²) in [5.74, 6) is 2.41. The molecule has 1 aromatic carbocycles. The van der Waals surface area contributed by atoms with Gasteiger partial charge < -0.3 is 19.3 Å². The van der Waals surface area contributed by atoms with E-state index in [-0.39, 0.29) is 11.3 Å². The number of nitrogens with zero attached hydrogens (tertiary/aromatic N) is 3. The number of methoxy groups -OCH3 is 2. The Labute approximate surface area is 200 Å². The zero-order chi connectivity index (χ0) is 24.6. The SMILES string of the molecule is COc1ccc(Cn2nc(C)c(NC(=O)c3noc4c3CC(C(C)(C)C)CC4)c2C)cc1OC. The number of rotatable bonds is 6. The third kappa shape index (κ3) is 4.54. The molecule has 1 amide bonds. The number of hydrogen-bond acceptors (Lipinski definition) is 6. The number of carbonyl (C=O) groups is 1. The lowest BCUT2D eigenvalue weighted by Gasteiger charge is -2.33. The highest BCUT2D eigenvalue weighted by Crippen LogP contribution is 2.38. The fraction of sp³-hybridized carbons (Fsp3) is 0.500. The first-order chi connectivity index (χ1) is 16.1. The first-order valence-corrected chi connectivity index (χ1v) is 11.7. The molecule has 1 aliphatic rings. The van der Waals surface area contributed by atoms with Gasteiger partial charge in [0.15, 0.2) is 17.2 Å². The number of nitrogens with one attached hydrogen (secondary N) is 1. The van der Waals surface area contributed by atoms with E-state index < -0.39 is 0 Å². The Hall–Kier alpha value is -3.29. The van der Waals surface area contributed by atoms with Crippen LogP contribution in [-0.2, 0) is 19.4 Å². The Kier molecular flexibility index (Phi) is 6.43. The van der Waals surface area contributed by atoms with Crippen LogP contribution in [0.1, 0.15) is 66.0 Å². The van der Waals surface area contributed by atoms with Crippen LogP contribution in [0.2, 0.25) is 0 Å². The summed E-state index contributed by atoms with van der Waals surface area (Å²) < 4.78 is 18.2. The number of aryl methyl sites for hydroxylation is 2. The Bertz CT molecular complexity index is 1200. The average molecular weight is 467 g/mol. The first kappa shape index (κ1) is 23.9. The molecular formula is C26H34N4O4. The Morgan fingerprint density at radius 2 is 1.94 bits per heavy atom. The lowest BCUT2D eigenvalue weighted by atomic mass is 9.71. The van der Waals surface area contributed by atoms with Gasteiger partial charge in [0.25, 0.3) is 5.91 Å². The molecule has 1 N–H and O–H groups in total. The molecule has 4 rings (SSSR count). The van der Waals surface area contributed by atoms with Gasteiger partial charge in [-0.15, -0.1) is 0 Å². The standard InChI is InChI=1S/C26H34N4O4/c1-15-23(16(2)30(28-15)14-17-8-10-21(32-6)22(12-17)33-7)27-25(31)24-19-13-18(26(3,4)5)9-11-20(19)34-29-24/h8,10,12,18H,9,11,13-14H2,1-7H3,(H,27,31). The van der Waals surface area contributed by atoms with E-state index in [1.54, 1.807) is 14.2 Å². The minimum absolute atomic E-state index is 0.168. The highest BCUT2D eigenvalue weighted by atomic mass is 16.5. The van der Waals surface area contributed by atoms with Gasteiger partial charge in [-0.3, -0.25) is 9.48 Å². The van der Waals surface area contributed by atoms with Crippen molar-refractivity contribution in [3.8, 4) is 11.5 Å². The van der Waals surface area contributed by atoms with Crippen molar-refractivity contribution in [2.75, 3.05) is 19.5 Å². The molecule has 0 radical (unpaired) electrons. The van der Waals surface area contributed by atoms with Crippen LogP contribution in [0, 0.1) is 25.2 Å². The van der Waals surface area contributed by atoms with E-state index in [2.05, 4.69) is 36.3 Å². The van der Waals surface area contributed by atoms with E-state index in [9.17, 15) is 4.79 Å². The van der Waals surface area contributed by atoms with Crippen LogP contribution in [0.3, 0.4) is 0 Å². The van der Waals surface area contributed by atoms with Gasteiger partial charge in [-0.1, -0.05) is 32.0 Å². The molecule has 2 aromatic heterocycles. The maximum atomic E-state index is 13.2. The topological polar surface area (TPSA) is 91.4 Å². The quantitative estimate of drug-likeness (QED) is 0.552. The van der Waals surface area contributed by atoms with Gasteiger partial charge in [0.1, 0.15) is 5.76 Å². The molecule has 0 saturated heterocycles. The van der Waals surface area contributed by atoms with Crippen molar-refractivity contribution < 1.29 is 18.8 Å². The van der Waals surface area contributed by atoms with Crippen LogP contribution in [0.4, 0.5) is 5.69 Å². The predicted molar refractivity (Wildman–Crippen MR) is 130 cm³/mol. The second-order valence-corrected chi connectivity index (χ2v) is 10.1. The highest BCUT2D eigenvalue weighted by molar-refractivity contribution is 6.04. The van der Waals surface area contributed by atoms with Crippen LogP contribution in [0.25, 0.3) is 0 Å². The summed E-state index contributed by atoms with van der Waals surface area (Å²) in [6, 6.07) is 5.78. The van der Waals surface area contributed by atoms with Crippen LogP contribution < -0.4 is 14.8 Å². The average Bonchev–Trinajstić information content (AvgIpc) is 3.34. The molecule has 0 aliphatic heterocycles. The van der Waals surface area contributed by atoms with E-state index in [4.69, 9.17) is 14.0 Å². The van der Waals surface area contributed by atoms with Crippen LogP contribution in [0.15, 0.2) is 22.7 Å². The molecular weight excluding hydrogens is 432 g/mol. The summed E-state index contributed by atoms with van der Waals surface area (Å²) >= 11 is 0. The van der Waals surface area contributed by atoms with Gasteiger partial charge in [-0.2, -0.15) is 5.10 Å². The van der Waals surface area contributed by atoms with E-state index in [0.717, 1.165) is 47.5 Å². The van der Waals surface area contributed by atoms with Crippen LogP contribution >= 0.6 is 0 Å². The van der Waals surface area contributed by atoms with Gasteiger partial charge in [-0.25, -0.2) is 0 Å². The Morgan fingerprint density at radius 3 is 2.62 bits per heavy atom. The van der Waals surface area contributed by atoms with E-state index in [1.165, 1.54) is 0 Å². The zero-order valence-electron chi connectivity index (χ0n) is 21.1. The molecule has 0 spiro atoms. The van der Waals surface area contributed by atoms with Crippen molar-refractivity contribution in [1.29, 1.82) is 0 Å². The lowest BCUT2D eigenvalue weighted by molar-refractivity contribution is 0.101. The molecule has 3 aromatic rings. The van der Waals surface area contributed by atoms with Crippen molar-refractivity contribution in [3.63, 3.8) is 0 Å². The molecule has 8 nitrogen and oxygen atoms in total. The first-order valence-electron chi connectivity index (χ1n) is 11.7. The molecule has 0 fully saturated rings. The molecule has 182 valence electrons. The smallest absolute Gasteiger partial charge is 0.278 e. The van der Waals surface area contributed by atoms with Crippen molar-refractivity contribution in [1.82, 2.24) is 14.9 Å². The van der Waals surface area contributed by atoms with Gasteiger partial charge in [0.05, 0.1) is 37.8 Å². The van der Waals surface area contributed by atoms with Gasteiger partial charge in [0, 0.05) is 12.0 Å². The van der Waals surface area contributed by atoms with Gasteiger partial charge in [0.2, 0.25) is 0 Å². The summed E-state index contributed by atoms with van der Waals surface area (Å²) in [4.78, 5) is 13.2. The van der Waals surface area contributed by atoms with E-state index in [0.29, 0.717) is 35.3 Å². The third-order valence-electron chi connectivity index (χ3n) is 6.88. The summed E-state index contributed by atoms with van der Waals surface area (Å²) in [5, 5.41) is 11.8. The highest BCUT2D eigenvalue weighted by Gasteiger charge is 2.34. The number of benzene rings is 1. The van der Waals surface area contributed by atoms with Crippen molar-refractivity contribution >= 4 is 11.6 Å². The third-order valence-corrected chi connectivity index (χ3v) is 6.88. The second-order valence-electron chi connectivity index (χ2n) is 10.1. The van der Waals surface area contributed by atoms with Crippen LogP contribution in [0.5, 0.6) is 11.5 Å². The van der Waals surface area contributed by atoms with Gasteiger partial charge >= 0.3 is 0 Å². The fourth-order valence-electron chi connectivity index (χ4n) is 4.68. The molecule has 1 atom stereocenters. The van der Waals surface area contributed by atoms with E-state index in [1.807, 2.05) is 36.7 Å². The summed E-state index contributed by atoms with van der Waals surface area (Å²) in [7, 11) is 3.23. The predicted octanol–water partition coefficient (Wildman–Crippen LogP) is 4.96. The molecule has 1 aliphatic carbocycles. The summed E-state index contributed by atoms with van der Waals surface area (Å²) in [6.07, 6.45) is 2.67. The number of carbonyl (C=O) groups excluding carboxylic acids is 1. The van der Waals surface area contributed by atoms with Crippen LogP contribution in [-0.4, -0.2) is 35.1 Å². The van der Waals surface area contributed by atoms with Gasteiger partial charge in [-0.05, 0) is 55.7 Å². The zero-order valence-corrected chi connectivity index (χ0v) is 21.1. The second kappa shape index (κ2) is 9.16. The number of fused-ring (bicyclic) bond motifs is 1. The number of ether oxygens (including phenoxy) is 2.